The number of fused-ring (bicyclic) bond motifs is 1. The van der Waals surface area contributed by atoms with Gasteiger partial charge in [-0.05, 0) is 19.8 Å². The molecule has 0 unspecified atom stereocenters. The Labute approximate surface area is 108 Å². The lowest BCUT2D eigenvalue weighted by Crippen LogP contribution is -2.26. The molecule has 1 amide bonds. The number of amides is 1. The first-order valence-electron chi connectivity index (χ1n) is 6.56. The minimum atomic E-state index is -0.107. The van der Waals surface area contributed by atoms with Crippen molar-refractivity contribution in [3.05, 3.63) is 33.2 Å². The maximum Gasteiger partial charge on any atom is 0.217 e. The molecule has 0 spiro atoms. The molecule has 100 valence electrons. The predicted molar refractivity (Wildman–Crippen MR) is 72.6 cm³/mol. The van der Waals surface area contributed by atoms with E-state index in [2.05, 4.69) is 9.88 Å². The Bertz CT molecular complexity index is 489. The SMILES string of the molecule is CC.CC(=O)NCc1c(C)n2c(cc1=O)CCC2. The molecule has 2 heterocycles. The fraction of sp³-hybridized carbons (Fsp3) is 0.571. The van der Waals surface area contributed by atoms with E-state index in [-0.39, 0.29) is 11.3 Å². The van der Waals surface area contributed by atoms with Crippen molar-refractivity contribution in [3.63, 3.8) is 0 Å². The van der Waals surface area contributed by atoms with Crippen molar-refractivity contribution in [2.75, 3.05) is 0 Å². The molecule has 0 saturated carbocycles. The maximum atomic E-state index is 11.8. The Kier molecular flexibility index (Phi) is 5.13. The Morgan fingerprint density at radius 1 is 1.44 bits per heavy atom. The molecule has 1 aromatic rings. The number of hydrogen-bond donors (Lipinski definition) is 1. The number of aromatic nitrogens is 1. The number of hydrogen-bond acceptors (Lipinski definition) is 2. The number of nitrogens with zero attached hydrogens (tertiary/aromatic N) is 1. The third-order valence-electron chi connectivity index (χ3n) is 3.11. The summed E-state index contributed by atoms with van der Waals surface area (Å²) >= 11 is 0. The minimum absolute atomic E-state index is 0.0411. The molecule has 1 N–H and O–H groups in total. The maximum absolute atomic E-state index is 11.8. The van der Waals surface area contributed by atoms with Crippen LogP contribution in [0.4, 0.5) is 0 Å². The monoisotopic (exact) mass is 250 g/mol. The summed E-state index contributed by atoms with van der Waals surface area (Å²) in [6.07, 6.45) is 2.08. The standard InChI is InChI=1S/C12H16N2O2.C2H6/c1-8-11(7-13-9(2)15)12(16)6-10-4-3-5-14(8)10;1-2/h6H,3-5,7H2,1-2H3,(H,13,15);1-2H3. The molecule has 0 fully saturated rings. The second-order valence-electron chi connectivity index (χ2n) is 4.23. The van der Waals surface area contributed by atoms with Gasteiger partial charge in [0.05, 0.1) is 0 Å². The summed E-state index contributed by atoms with van der Waals surface area (Å²) in [7, 11) is 0. The van der Waals surface area contributed by atoms with E-state index in [1.165, 1.54) is 6.92 Å². The largest absolute Gasteiger partial charge is 0.352 e. The van der Waals surface area contributed by atoms with Crippen LogP contribution >= 0.6 is 0 Å². The molecule has 0 saturated heterocycles. The summed E-state index contributed by atoms with van der Waals surface area (Å²) in [6, 6.07) is 1.71. The lowest BCUT2D eigenvalue weighted by Gasteiger charge is -2.13. The quantitative estimate of drug-likeness (QED) is 0.869. The van der Waals surface area contributed by atoms with Gasteiger partial charge in [-0.2, -0.15) is 0 Å². The van der Waals surface area contributed by atoms with Gasteiger partial charge in [0.25, 0.3) is 0 Å². The van der Waals surface area contributed by atoms with Crippen LogP contribution in [0.5, 0.6) is 0 Å². The molecule has 2 rings (SSSR count). The summed E-state index contributed by atoms with van der Waals surface area (Å²) in [5, 5.41) is 2.68. The van der Waals surface area contributed by atoms with Gasteiger partial charge in [0.15, 0.2) is 5.43 Å². The van der Waals surface area contributed by atoms with E-state index in [0.29, 0.717) is 12.1 Å². The molecule has 4 heteroatoms. The third kappa shape index (κ3) is 3.00. The van der Waals surface area contributed by atoms with E-state index in [4.69, 9.17) is 0 Å². The third-order valence-corrected chi connectivity index (χ3v) is 3.11. The zero-order valence-corrected chi connectivity index (χ0v) is 11.7. The van der Waals surface area contributed by atoms with Crippen LogP contribution in [-0.2, 0) is 24.3 Å². The highest BCUT2D eigenvalue weighted by Crippen LogP contribution is 2.16. The van der Waals surface area contributed by atoms with Gasteiger partial charge >= 0.3 is 0 Å². The smallest absolute Gasteiger partial charge is 0.217 e. The highest BCUT2D eigenvalue weighted by atomic mass is 16.1. The van der Waals surface area contributed by atoms with Gasteiger partial charge in [0.2, 0.25) is 5.91 Å². The average Bonchev–Trinajstić information content (AvgIpc) is 2.79. The normalized spacial score (nSPS) is 12.4. The number of aryl methyl sites for hydroxylation is 1. The molecule has 1 aliphatic rings. The molecule has 1 aromatic heterocycles. The zero-order valence-electron chi connectivity index (χ0n) is 11.7. The van der Waals surface area contributed by atoms with Gasteiger partial charge < -0.3 is 9.88 Å². The highest BCUT2D eigenvalue weighted by molar-refractivity contribution is 5.72. The number of carbonyl (C=O) groups excluding carboxylic acids is 1. The van der Waals surface area contributed by atoms with Crippen LogP contribution in [0.15, 0.2) is 10.9 Å². The molecule has 0 bridgehead atoms. The fourth-order valence-corrected chi connectivity index (χ4v) is 2.24. The molecular formula is C14H22N2O2. The number of rotatable bonds is 2. The molecular weight excluding hydrogens is 228 g/mol. The van der Waals surface area contributed by atoms with Crippen LogP contribution in [0.3, 0.4) is 0 Å². The Balaban J connectivity index is 0.000000771. The second kappa shape index (κ2) is 6.38. The van der Waals surface area contributed by atoms with E-state index in [1.807, 2.05) is 20.8 Å². The van der Waals surface area contributed by atoms with E-state index in [9.17, 15) is 9.59 Å². The van der Waals surface area contributed by atoms with Gasteiger partial charge in [-0.15, -0.1) is 0 Å². The molecule has 0 aromatic carbocycles. The van der Waals surface area contributed by atoms with Gasteiger partial charge in [0, 0.05) is 43.0 Å². The molecule has 0 radical (unpaired) electrons. The lowest BCUT2D eigenvalue weighted by molar-refractivity contribution is -0.119. The van der Waals surface area contributed by atoms with Crippen LogP contribution in [0, 0.1) is 6.92 Å². The Hall–Kier alpha value is -1.58. The van der Waals surface area contributed by atoms with Crippen LogP contribution < -0.4 is 10.7 Å². The van der Waals surface area contributed by atoms with Gasteiger partial charge in [0.1, 0.15) is 0 Å². The highest BCUT2D eigenvalue weighted by Gasteiger charge is 2.16. The Morgan fingerprint density at radius 2 is 2.11 bits per heavy atom. The summed E-state index contributed by atoms with van der Waals surface area (Å²) in [5.74, 6) is -0.107. The predicted octanol–water partition coefficient (Wildman–Crippen LogP) is 1.77. The molecule has 18 heavy (non-hydrogen) atoms. The van der Waals surface area contributed by atoms with Crippen molar-refractivity contribution in [1.82, 2.24) is 9.88 Å². The average molecular weight is 250 g/mol. The zero-order chi connectivity index (χ0) is 13.7. The van der Waals surface area contributed by atoms with Crippen molar-refractivity contribution in [1.29, 1.82) is 0 Å². The van der Waals surface area contributed by atoms with Crippen LogP contribution in [0.25, 0.3) is 0 Å². The summed E-state index contributed by atoms with van der Waals surface area (Å²) in [6.45, 7) is 8.72. The van der Waals surface area contributed by atoms with E-state index in [0.717, 1.165) is 30.8 Å². The van der Waals surface area contributed by atoms with Gasteiger partial charge in [-0.25, -0.2) is 0 Å². The first-order chi connectivity index (χ1) is 8.59. The van der Waals surface area contributed by atoms with Crippen molar-refractivity contribution < 1.29 is 4.79 Å². The molecule has 4 nitrogen and oxygen atoms in total. The molecule has 0 aliphatic carbocycles. The van der Waals surface area contributed by atoms with Crippen molar-refractivity contribution in [2.45, 2.75) is 53.6 Å². The second-order valence-corrected chi connectivity index (χ2v) is 4.23. The van der Waals surface area contributed by atoms with E-state index < -0.39 is 0 Å². The number of carbonyl (C=O) groups is 1. The van der Waals surface area contributed by atoms with Crippen LogP contribution in [0.2, 0.25) is 0 Å². The van der Waals surface area contributed by atoms with Crippen molar-refractivity contribution in [2.24, 2.45) is 0 Å². The number of pyridine rings is 1. The minimum Gasteiger partial charge on any atom is -0.352 e. The molecule has 0 atom stereocenters. The number of nitrogens with one attached hydrogen (secondary N) is 1. The first kappa shape index (κ1) is 14.5. The summed E-state index contributed by atoms with van der Waals surface area (Å²) in [5.41, 5.74) is 2.86. The fourth-order valence-electron chi connectivity index (χ4n) is 2.24. The van der Waals surface area contributed by atoms with Gasteiger partial charge in [-0.1, -0.05) is 13.8 Å². The van der Waals surface area contributed by atoms with Crippen molar-refractivity contribution >= 4 is 5.91 Å². The Morgan fingerprint density at radius 3 is 2.72 bits per heavy atom. The summed E-state index contributed by atoms with van der Waals surface area (Å²) < 4.78 is 2.18. The van der Waals surface area contributed by atoms with E-state index >= 15 is 0 Å². The summed E-state index contributed by atoms with van der Waals surface area (Å²) in [4.78, 5) is 22.7. The van der Waals surface area contributed by atoms with E-state index in [1.54, 1.807) is 6.07 Å². The van der Waals surface area contributed by atoms with Crippen molar-refractivity contribution in [3.8, 4) is 0 Å². The van der Waals surface area contributed by atoms with Gasteiger partial charge in [-0.3, -0.25) is 9.59 Å². The van der Waals surface area contributed by atoms with Crippen LogP contribution in [-0.4, -0.2) is 10.5 Å². The van der Waals surface area contributed by atoms with Crippen LogP contribution in [0.1, 0.15) is 44.1 Å². The first-order valence-corrected chi connectivity index (χ1v) is 6.56. The topological polar surface area (TPSA) is 51.1 Å². The molecule has 1 aliphatic heterocycles. The lowest BCUT2D eigenvalue weighted by atomic mass is 10.1.